The minimum Gasteiger partial charge on any atom is -0.306 e. The topological polar surface area (TPSA) is 12.0 Å². The van der Waals surface area contributed by atoms with E-state index in [1.807, 2.05) is 0 Å². The van der Waals surface area contributed by atoms with E-state index >= 15 is 0 Å². The first kappa shape index (κ1) is 22.1. The number of hydrogen-bond donors (Lipinski definition) is 1. The number of rotatable bonds is 7. The summed E-state index contributed by atoms with van der Waals surface area (Å²) in [5.74, 6) is -27.9. The molecule has 0 aromatic carbocycles. The second-order valence-electron chi connectivity index (χ2n) is 4.77. The second-order valence-corrected chi connectivity index (χ2v) is 4.77. The van der Waals surface area contributed by atoms with E-state index in [9.17, 15) is 52.7 Å². The number of alkyl halides is 12. The summed E-state index contributed by atoms with van der Waals surface area (Å²) in [7, 11) is 0. The molecule has 0 fully saturated rings. The van der Waals surface area contributed by atoms with Crippen LogP contribution in [0.25, 0.3) is 0 Å². The van der Waals surface area contributed by atoms with Crippen LogP contribution < -0.4 is 5.32 Å². The van der Waals surface area contributed by atoms with Crippen LogP contribution in [0.3, 0.4) is 0 Å². The highest BCUT2D eigenvalue weighted by Gasteiger charge is 2.86. The minimum absolute atomic E-state index is 0.778. The Balaban J connectivity index is 5.58. The zero-order valence-corrected chi connectivity index (χ0v) is 11.4. The molecule has 0 aromatic heterocycles. The lowest BCUT2D eigenvalue weighted by Gasteiger charge is -2.37. The first-order chi connectivity index (χ1) is 9.83. The van der Waals surface area contributed by atoms with Gasteiger partial charge in [-0.05, 0) is 13.8 Å². The summed E-state index contributed by atoms with van der Waals surface area (Å²) in [6.07, 6.45) is -9.11. The Morgan fingerprint density at radius 3 is 1.39 bits per heavy atom. The van der Waals surface area contributed by atoms with E-state index in [1.54, 1.807) is 0 Å². The Morgan fingerprint density at radius 1 is 0.696 bits per heavy atom. The number of nitrogens with one attached hydrogen (secondary N) is 1. The third-order valence-corrected chi connectivity index (χ3v) is 2.94. The quantitative estimate of drug-likeness (QED) is 0.652. The summed E-state index contributed by atoms with van der Waals surface area (Å²) >= 11 is 0. The van der Waals surface area contributed by atoms with Crippen molar-refractivity contribution in [3.05, 3.63) is 0 Å². The van der Waals surface area contributed by atoms with Crippen LogP contribution in [0.4, 0.5) is 52.7 Å². The molecule has 0 rings (SSSR count). The van der Waals surface area contributed by atoms with Gasteiger partial charge >= 0.3 is 29.9 Å². The average Bonchev–Trinajstić information content (AvgIpc) is 2.33. The van der Waals surface area contributed by atoms with E-state index in [-0.39, 0.29) is 0 Å². The molecular formula is C10H11F12N. The predicted molar refractivity (Wildman–Crippen MR) is 53.9 cm³/mol. The minimum atomic E-state index is -7.44. The van der Waals surface area contributed by atoms with Crippen LogP contribution in [0.5, 0.6) is 0 Å². The van der Waals surface area contributed by atoms with Crippen molar-refractivity contribution < 1.29 is 52.7 Å². The summed E-state index contributed by atoms with van der Waals surface area (Å²) in [5.41, 5.74) is 0. The maximum atomic E-state index is 13.1. The maximum absolute atomic E-state index is 13.1. The van der Waals surface area contributed by atoms with Gasteiger partial charge in [0.15, 0.2) is 0 Å². The molecule has 0 heterocycles. The van der Waals surface area contributed by atoms with Crippen LogP contribution in [0.1, 0.15) is 13.8 Å². The first-order valence-electron chi connectivity index (χ1n) is 5.78. The van der Waals surface area contributed by atoms with E-state index in [1.165, 1.54) is 5.32 Å². The molecule has 0 saturated carbocycles. The van der Waals surface area contributed by atoms with Crippen molar-refractivity contribution in [3.8, 4) is 0 Å². The average molecular weight is 373 g/mol. The van der Waals surface area contributed by atoms with Crippen molar-refractivity contribution in [2.24, 2.45) is 0 Å². The second kappa shape index (κ2) is 6.20. The summed E-state index contributed by atoms with van der Waals surface area (Å²) in [4.78, 5) is 0. The van der Waals surface area contributed by atoms with Crippen LogP contribution in [-0.4, -0.2) is 48.6 Å². The van der Waals surface area contributed by atoms with Crippen LogP contribution in [-0.2, 0) is 0 Å². The zero-order valence-electron chi connectivity index (χ0n) is 11.4. The van der Waals surface area contributed by atoms with E-state index in [0.717, 1.165) is 13.8 Å². The Kier molecular flexibility index (Phi) is 5.97. The number of halogens is 12. The lowest BCUT2D eigenvalue weighted by molar-refractivity contribution is -0.421. The summed E-state index contributed by atoms with van der Waals surface area (Å²) in [6, 6.07) is -1.58. The summed E-state index contributed by atoms with van der Waals surface area (Å²) in [5, 5.41) is 1.33. The third-order valence-electron chi connectivity index (χ3n) is 2.94. The SMILES string of the molecule is CC(F)C(C)NCC(F)(F)C(F)(F)C(F)(F)C(F)(F)C(F)(F)F. The molecule has 0 aliphatic rings. The van der Waals surface area contributed by atoms with Gasteiger partial charge in [0, 0.05) is 6.04 Å². The van der Waals surface area contributed by atoms with E-state index < -0.39 is 48.6 Å². The monoisotopic (exact) mass is 373 g/mol. The molecule has 0 aliphatic heterocycles. The van der Waals surface area contributed by atoms with Gasteiger partial charge in [0.1, 0.15) is 6.17 Å². The molecule has 0 spiro atoms. The van der Waals surface area contributed by atoms with E-state index in [0.29, 0.717) is 0 Å². The van der Waals surface area contributed by atoms with Crippen molar-refractivity contribution in [2.75, 3.05) is 6.54 Å². The van der Waals surface area contributed by atoms with Crippen molar-refractivity contribution in [1.82, 2.24) is 5.32 Å². The molecular weight excluding hydrogens is 362 g/mol. The van der Waals surface area contributed by atoms with Gasteiger partial charge < -0.3 is 5.32 Å². The highest BCUT2D eigenvalue weighted by Crippen LogP contribution is 2.57. The normalized spacial score (nSPS) is 18.0. The van der Waals surface area contributed by atoms with Gasteiger partial charge in [0.05, 0.1) is 6.54 Å². The molecule has 2 unspecified atom stereocenters. The van der Waals surface area contributed by atoms with E-state index in [2.05, 4.69) is 0 Å². The molecule has 0 aromatic rings. The molecule has 0 saturated heterocycles. The highest BCUT2D eigenvalue weighted by atomic mass is 19.4. The van der Waals surface area contributed by atoms with Gasteiger partial charge in [0.2, 0.25) is 0 Å². The molecule has 0 bridgehead atoms. The molecule has 1 nitrogen and oxygen atoms in total. The van der Waals surface area contributed by atoms with Crippen LogP contribution >= 0.6 is 0 Å². The standard InChI is InChI=1S/C10H11F12N/c1-4(11)5(2)23-3-6(12,13)7(14,15)8(16,17)9(18,19)10(20,21)22/h4-5,23H,3H2,1-2H3. The van der Waals surface area contributed by atoms with Gasteiger partial charge in [-0.3, -0.25) is 0 Å². The molecule has 23 heavy (non-hydrogen) atoms. The highest BCUT2D eigenvalue weighted by molar-refractivity contribution is 5.06. The van der Waals surface area contributed by atoms with Crippen LogP contribution in [0.15, 0.2) is 0 Å². The fraction of sp³-hybridized carbons (Fsp3) is 1.00. The van der Waals surface area contributed by atoms with Gasteiger partial charge in [-0.25, -0.2) is 4.39 Å². The van der Waals surface area contributed by atoms with Crippen molar-refractivity contribution >= 4 is 0 Å². The van der Waals surface area contributed by atoms with E-state index in [4.69, 9.17) is 0 Å². The fourth-order valence-corrected chi connectivity index (χ4v) is 1.17. The fourth-order valence-electron chi connectivity index (χ4n) is 1.17. The lowest BCUT2D eigenvalue weighted by atomic mass is 9.97. The Morgan fingerprint density at radius 2 is 1.09 bits per heavy atom. The molecule has 140 valence electrons. The number of hydrogen-bond acceptors (Lipinski definition) is 1. The first-order valence-corrected chi connectivity index (χ1v) is 5.78. The molecule has 2 atom stereocenters. The van der Waals surface area contributed by atoms with Crippen molar-refractivity contribution in [2.45, 2.75) is 55.9 Å². The smallest absolute Gasteiger partial charge is 0.306 e. The van der Waals surface area contributed by atoms with Gasteiger partial charge in [-0.1, -0.05) is 0 Å². The molecule has 0 amide bonds. The van der Waals surface area contributed by atoms with Crippen LogP contribution in [0, 0.1) is 0 Å². The summed E-state index contributed by atoms with van der Waals surface area (Å²) < 4.78 is 151. The molecule has 1 N–H and O–H groups in total. The van der Waals surface area contributed by atoms with Crippen molar-refractivity contribution in [3.63, 3.8) is 0 Å². The Bertz CT molecular complexity index is 399. The lowest BCUT2D eigenvalue weighted by Crippen LogP contribution is -2.68. The third kappa shape index (κ3) is 3.79. The van der Waals surface area contributed by atoms with Crippen LogP contribution in [0.2, 0.25) is 0 Å². The summed E-state index contributed by atoms with van der Waals surface area (Å²) in [6.45, 7) is -0.833. The van der Waals surface area contributed by atoms with Gasteiger partial charge in [-0.15, -0.1) is 0 Å². The van der Waals surface area contributed by atoms with Gasteiger partial charge in [0.25, 0.3) is 0 Å². The largest absolute Gasteiger partial charge is 0.460 e. The molecule has 0 aliphatic carbocycles. The Labute approximate surface area is 122 Å². The predicted octanol–water partition coefficient (Wildman–Crippen LogP) is 4.43. The van der Waals surface area contributed by atoms with Gasteiger partial charge in [-0.2, -0.15) is 48.3 Å². The molecule has 0 radical (unpaired) electrons. The Hall–Kier alpha value is -0.880. The molecule has 13 heteroatoms. The maximum Gasteiger partial charge on any atom is 0.460 e. The zero-order chi connectivity index (χ0) is 19.1. The van der Waals surface area contributed by atoms with Crippen molar-refractivity contribution in [1.29, 1.82) is 0 Å².